The predicted molar refractivity (Wildman–Crippen MR) is 106 cm³/mol. The van der Waals surface area contributed by atoms with Crippen LogP contribution < -0.4 is 69.3 Å². The average molecular weight is 428 g/mol. The minimum atomic E-state index is -1.09. The number of hydrogen-bond donors (Lipinski definition) is 0. The molecule has 0 N–H and O–H groups in total. The normalized spacial score (nSPS) is 10.7. The second-order valence-electron chi connectivity index (χ2n) is 7.32. The van der Waals surface area contributed by atoms with Crippen molar-refractivity contribution >= 4 is 11.9 Å². The summed E-state index contributed by atoms with van der Waals surface area (Å²) in [5.41, 5.74) is 0. The van der Waals surface area contributed by atoms with E-state index in [9.17, 15) is 19.8 Å². The van der Waals surface area contributed by atoms with Crippen LogP contribution in [0.2, 0.25) is 0 Å². The zero-order valence-corrected chi connectivity index (χ0v) is 23.3. The van der Waals surface area contributed by atoms with E-state index in [-0.39, 0.29) is 72.0 Å². The molecule has 7 heteroatoms. The zero-order chi connectivity index (χ0) is 20.2. The maximum atomic E-state index is 10.6. The van der Waals surface area contributed by atoms with Gasteiger partial charge in [0.25, 0.3) is 0 Å². The van der Waals surface area contributed by atoms with Crippen molar-refractivity contribution in [2.75, 3.05) is 19.6 Å². The fourth-order valence-corrected chi connectivity index (χ4v) is 3.06. The van der Waals surface area contributed by atoms with Gasteiger partial charge < -0.3 is 24.7 Å². The molecular weight excluding hydrogens is 388 g/mol. The van der Waals surface area contributed by atoms with E-state index in [1.54, 1.807) is 0 Å². The van der Waals surface area contributed by atoms with Crippen LogP contribution in [0.3, 0.4) is 0 Å². The van der Waals surface area contributed by atoms with E-state index < -0.39 is 11.9 Å². The Kier molecular flexibility index (Phi) is 31.5. The molecule has 158 valence electrons. The summed E-state index contributed by atoms with van der Waals surface area (Å²) in [6.07, 6.45) is 19.2. The van der Waals surface area contributed by atoms with Crippen molar-refractivity contribution in [2.24, 2.45) is 0 Å². The van der Waals surface area contributed by atoms with Crippen LogP contribution in [-0.4, -0.2) is 36.5 Å². The van der Waals surface area contributed by atoms with Gasteiger partial charge in [-0.3, -0.25) is 0 Å². The summed E-state index contributed by atoms with van der Waals surface area (Å²) in [5.74, 6) is -2.19. The maximum absolute atomic E-state index is 10.6. The minimum absolute atomic E-state index is 0. The number of carboxylic acid groups (broad SMARTS) is 2. The molecule has 0 heterocycles. The average Bonchev–Trinajstić information content (AvgIpc) is 2.63. The van der Waals surface area contributed by atoms with Crippen molar-refractivity contribution in [3.63, 3.8) is 0 Å². The van der Waals surface area contributed by atoms with E-state index in [2.05, 4.69) is 19.1 Å². The number of rotatable bonds is 20. The van der Waals surface area contributed by atoms with Crippen molar-refractivity contribution in [2.45, 2.75) is 96.8 Å². The van der Waals surface area contributed by atoms with Gasteiger partial charge in [-0.25, -0.2) is 0 Å². The molecule has 0 fully saturated rings. The van der Waals surface area contributed by atoms with E-state index in [1.165, 1.54) is 64.2 Å². The van der Waals surface area contributed by atoms with E-state index in [1.807, 2.05) is 4.90 Å². The molecule has 0 rings (SSSR count). The molecule has 0 aromatic rings. The molecule has 0 radical (unpaired) electrons. The van der Waals surface area contributed by atoms with Crippen molar-refractivity contribution in [3.05, 3.63) is 12.2 Å². The summed E-state index contributed by atoms with van der Waals surface area (Å²) in [5, 5.41) is 21.1. The van der Waals surface area contributed by atoms with Gasteiger partial charge in [0.1, 0.15) is 0 Å². The Labute approximate surface area is 222 Å². The van der Waals surface area contributed by atoms with Gasteiger partial charge >= 0.3 is 59.1 Å². The van der Waals surface area contributed by atoms with E-state index >= 15 is 0 Å². The monoisotopic (exact) mass is 427 g/mol. The second kappa shape index (κ2) is 26.7. The molecule has 5 nitrogen and oxygen atoms in total. The summed E-state index contributed by atoms with van der Waals surface area (Å²) in [6, 6.07) is 0. The molecule has 0 aliphatic carbocycles. The van der Waals surface area contributed by atoms with Crippen LogP contribution in [0, 0.1) is 0 Å². The largest absolute Gasteiger partial charge is 1.00 e. The topological polar surface area (TPSA) is 83.5 Å². The molecule has 29 heavy (non-hydrogen) atoms. The van der Waals surface area contributed by atoms with Crippen LogP contribution in [0.5, 0.6) is 0 Å². The van der Waals surface area contributed by atoms with Gasteiger partial charge in [-0.05, 0) is 51.5 Å². The Balaban J connectivity index is -0.00000338. The Morgan fingerprint density at radius 3 is 1.52 bits per heavy atom. The molecule has 0 aromatic heterocycles. The molecule has 0 saturated carbocycles. The SMILES string of the molecule is CCCCCC/C=C\CCCCCCCCN(CCC(=O)[O-])CCC(=O)[O-].[Na+].[Na+]. The van der Waals surface area contributed by atoms with Crippen LogP contribution in [-0.2, 0) is 9.59 Å². The number of aliphatic carboxylic acids is 2. The van der Waals surface area contributed by atoms with Crippen molar-refractivity contribution in [3.8, 4) is 0 Å². The first-order valence-electron chi connectivity index (χ1n) is 10.8. The molecule has 0 spiro atoms. The summed E-state index contributed by atoms with van der Waals surface area (Å²) >= 11 is 0. The first-order valence-corrected chi connectivity index (χ1v) is 10.8. The molecule has 0 atom stereocenters. The van der Waals surface area contributed by atoms with Gasteiger partial charge in [0, 0.05) is 25.0 Å². The van der Waals surface area contributed by atoms with Crippen molar-refractivity contribution in [1.82, 2.24) is 4.90 Å². The van der Waals surface area contributed by atoms with Gasteiger partial charge in [-0.15, -0.1) is 0 Å². The quantitative estimate of drug-likeness (QED) is 0.116. The zero-order valence-electron chi connectivity index (χ0n) is 19.3. The molecule has 0 saturated heterocycles. The van der Waals surface area contributed by atoms with Gasteiger partial charge in [0.05, 0.1) is 0 Å². The first kappa shape index (κ1) is 34.3. The number of hydrogen-bond acceptors (Lipinski definition) is 5. The summed E-state index contributed by atoms with van der Waals surface area (Å²) < 4.78 is 0. The van der Waals surface area contributed by atoms with Crippen LogP contribution in [0.15, 0.2) is 12.2 Å². The fraction of sp³-hybridized carbons (Fsp3) is 0.818. The van der Waals surface area contributed by atoms with E-state index in [0.717, 1.165) is 19.4 Å². The van der Waals surface area contributed by atoms with E-state index in [0.29, 0.717) is 13.1 Å². The minimum Gasteiger partial charge on any atom is -0.550 e. The maximum Gasteiger partial charge on any atom is 1.00 e. The molecule has 0 aliphatic heterocycles. The van der Waals surface area contributed by atoms with Crippen molar-refractivity contribution < 1.29 is 78.9 Å². The predicted octanol–water partition coefficient (Wildman–Crippen LogP) is -3.17. The van der Waals surface area contributed by atoms with Crippen molar-refractivity contribution in [1.29, 1.82) is 0 Å². The molecule has 0 amide bonds. The smallest absolute Gasteiger partial charge is 0.550 e. The number of unbranched alkanes of at least 4 members (excludes halogenated alkanes) is 10. The Morgan fingerprint density at radius 1 is 0.655 bits per heavy atom. The summed E-state index contributed by atoms with van der Waals surface area (Å²) in [7, 11) is 0. The summed E-state index contributed by atoms with van der Waals surface area (Å²) in [4.78, 5) is 23.0. The molecule has 0 aliphatic rings. The number of nitrogens with zero attached hydrogens (tertiary/aromatic N) is 1. The van der Waals surface area contributed by atoms with Gasteiger partial charge in [0.2, 0.25) is 0 Å². The Hall–Kier alpha value is 0.640. The van der Waals surface area contributed by atoms with Crippen LogP contribution in [0.25, 0.3) is 0 Å². The number of allylic oxidation sites excluding steroid dienone is 2. The summed E-state index contributed by atoms with van der Waals surface area (Å²) in [6.45, 7) is 3.67. The van der Waals surface area contributed by atoms with Crippen LogP contribution in [0.1, 0.15) is 96.8 Å². The number of carboxylic acids is 2. The second-order valence-corrected chi connectivity index (χ2v) is 7.32. The Bertz CT molecular complexity index is 388. The van der Waals surface area contributed by atoms with Crippen LogP contribution in [0.4, 0.5) is 0 Å². The van der Waals surface area contributed by atoms with E-state index in [4.69, 9.17) is 0 Å². The van der Waals surface area contributed by atoms with Gasteiger partial charge in [-0.2, -0.15) is 0 Å². The molecular formula is C22H39NNa2O4. The number of carbonyl (C=O) groups is 2. The third-order valence-electron chi connectivity index (χ3n) is 4.75. The third-order valence-corrected chi connectivity index (χ3v) is 4.75. The van der Waals surface area contributed by atoms with Gasteiger partial charge in [-0.1, -0.05) is 64.0 Å². The van der Waals surface area contributed by atoms with Crippen LogP contribution >= 0.6 is 0 Å². The molecule has 0 unspecified atom stereocenters. The first-order chi connectivity index (χ1) is 13.1. The standard InChI is InChI=1S/C22H41NO4.2Na/c1-2-3-4-5-6-7-8-9-10-11-12-13-14-15-18-23(19-16-21(24)25)20-17-22(26)27;;/h7-8H,2-6,9-20H2,1H3,(H,24,25)(H,26,27);;/q;2*+1/p-2/b8-7-;;. The molecule has 0 aromatic carbocycles. The van der Waals surface area contributed by atoms with Gasteiger partial charge in [0.15, 0.2) is 0 Å². The number of carbonyl (C=O) groups excluding carboxylic acids is 2. The molecule has 0 bridgehead atoms. The Morgan fingerprint density at radius 2 is 1.07 bits per heavy atom. The third kappa shape index (κ3) is 28.6. The fourth-order valence-electron chi connectivity index (χ4n) is 3.06.